The molecule has 1 aromatic carbocycles. The fourth-order valence-electron chi connectivity index (χ4n) is 1.46. The Morgan fingerprint density at radius 2 is 2.18 bits per heavy atom. The van der Waals surface area contributed by atoms with E-state index in [0.29, 0.717) is 4.47 Å². The van der Waals surface area contributed by atoms with Gasteiger partial charge in [0, 0.05) is 0 Å². The lowest BCUT2D eigenvalue weighted by Crippen LogP contribution is -2.15. The van der Waals surface area contributed by atoms with Crippen LogP contribution in [0.15, 0.2) is 31.9 Å². The van der Waals surface area contributed by atoms with Crippen LogP contribution < -0.4 is 5.63 Å². The second kappa shape index (κ2) is 4.21. The fourth-order valence-corrected chi connectivity index (χ4v) is 1.90. The van der Waals surface area contributed by atoms with Crippen LogP contribution in [0, 0.1) is 0 Å². The van der Waals surface area contributed by atoms with Crippen molar-refractivity contribution in [2.45, 2.75) is 0 Å². The van der Waals surface area contributed by atoms with Gasteiger partial charge in [-0.25, -0.2) is 9.59 Å². The summed E-state index contributed by atoms with van der Waals surface area (Å²) in [5, 5.41) is 10.1. The van der Waals surface area contributed by atoms with Crippen molar-refractivity contribution in [3.8, 4) is 5.75 Å². The Kier molecular flexibility index (Phi) is 2.89. The number of methoxy groups -OCH3 is 1. The highest BCUT2D eigenvalue weighted by atomic mass is 79.9. The lowest BCUT2D eigenvalue weighted by atomic mass is 10.1. The van der Waals surface area contributed by atoms with Gasteiger partial charge in [0.1, 0.15) is 5.75 Å². The molecule has 1 N–H and O–H groups in total. The lowest BCUT2D eigenvalue weighted by Gasteiger charge is -2.05. The van der Waals surface area contributed by atoms with Crippen molar-refractivity contribution in [3.63, 3.8) is 0 Å². The molecule has 0 aliphatic heterocycles. The molecule has 1 aromatic heterocycles. The zero-order chi connectivity index (χ0) is 12.6. The van der Waals surface area contributed by atoms with E-state index in [1.807, 2.05) is 0 Å². The smallest absolute Gasteiger partial charge is 0.354 e. The molecule has 88 valence electrons. The molecule has 6 heteroatoms. The van der Waals surface area contributed by atoms with Gasteiger partial charge in [0.05, 0.1) is 17.0 Å². The van der Waals surface area contributed by atoms with Crippen LogP contribution in [0.3, 0.4) is 0 Å². The van der Waals surface area contributed by atoms with Crippen LogP contribution in [0.4, 0.5) is 0 Å². The van der Waals surface area contributed by atoms with Gasteiger partial charge in [-0.15, -0.1) is 0 Å². The molecule has 5 nitrogen and oxygen atoms in total. The predicted molar refractivity (Wildman–Crippen MR) is 63.2 cm³/mol. The van der Waals surface area contributed by atoms with E-state index in [2.05, 4.69) is 20.7 Å². The fraction of sp³-hybridized carbons (Fsp3) is 0.0909. The average molecular weight is 299 g/mol. The molecule has 0 saturated carbocycles. The predicted octanol–water partition coefficient (Wildman–Crippen LogP) is 2.05. The van der Waals surface area contributed by atoms with Crippen molar-refractivity contribution in [1.29, 1.82) is 0 Å². The van der Waals surface area contributed by atoms with Gasteiger partial charge in [0.15, 0.2) is 11.1 Å². The van der Waals surface area contributed by atoms with Crippen molar-refractivity contribution in [1.82, 2.24) is 0 Å². The van der Waals surface area contributed by atoms with E-state index >= 15 is 0 Å². The number of benzene rings is 1. The third kappa shape index (κ3) is 1.80. The monoisotopic (exact) mass is 298 g/mol. The van der Waals surface area contributed by atoms with Crippen LogP contribution in [0.25, 0.3) is 11.0 Å². The second-order valence-corrected chi connectivity index (χ2v) is 4.08. The maximum absolute atomic E-state index is 11.6. The largest absolute Gasteiger partial charge is 0.506 e. The maximum atomic E-state index is 11.6. The van der Waals surface area contributed by atoms with Gasteiger partial charge in [-0.05, 0) is 28.1 Å². The number of hydrogen-bond donors (Lipinski definition) is 1. The number of aromatic hydroxyl groups is 1. The molecule has 2 rings (SSSR count). The third-order valence-electron chi connectivity index (χ3n) is 2.25. The summed E-state index contributed by atoms with van der Waals surface area (Å²) in [5.41, 5.74) is -1.26. The molecule has 0 atom stereocenters. The van der Waals surface area contributed by atoms with Crippen LogP contribution >= 0.6 is 15.9 Å². The van der Waals surface area contributed by atoms with E-state index in [9.17, 15) is 14.7 Å². The summed E-state index contributed by atoms with van der Waals surface area (Å²) in [6.45, 7) is 0. The number of para-hydroxylation sites is 1. The Morgan fingerprint density at radius 3 is 2.82 bits per heavy atom. The molecule has 0 aliphatic rings. The Bertz CT molecular complexity index is 659. The highest BCUT2D eigenvalue weighted by Gasteiger charge is 2.22. The molecule has 0 radical (unpaired) electrons. The number of fused-ring (bicyclic) bond motifs is 1. The molecule has 0 aliphatic carbocycles. The molecule has 0 spiro atoms. The zero-order valence-electron chi connectivity index (χ0n) is 8.69. The summed E-state index contributed by atoms with van der Waals surface area (Å²) >= 11 is 3.18. The van der Waals surface area contributed by atoms with Gasteiger partial charge >= 0.3 is 11.6 Å². The van der Waals surface area contributed by atoms with Crippen molar-refractivity contribution >= 4 is 32.9 Å². The number of carbonyl (C=O) groups is 1. The van der Waals surface area contributed by atoms with E-state index in [0.717, 1.165) is 7.11 Å². The van der Waals surface area contributed by atoms with Gasteiger partial charge in [0.25, 0.3) is 0 Å². The number of hydrogen-bond acceptors (Lipinski definition) is 5. The van der Waals surface area contributed by atoms with Crippen LogP contribution in [0.2, 0.25) is 0 Å². The molecule has 2 aromatic rings. The Labute approximate surface area is 104 Å². The van der Waals surface area contributed by atoms with Crippen molar-refractivity contribution < 1.29 is 19.1 Å². The SMILES string of the molecule is COC(=O)c1c(O)c2cccc(Br)c2oc1=O. The lowest BCUT2D eigenvalue weighted by molar-refractivity contribution is 0.0593. The quantitative estimate of drug-likeness (QED) is 0.644. The van der Waals surface area contributed by atoms with Crippen LogP contribution in [0.5, 0.6) is 5.75 Å². The molecule has 1 heterocycles. The normalized spacial score (nSPS) is 10.5. The molecule has 0 bridgehead atoms. The maximum Gasteiger partial charge on any atom is 0.354 e. The molecule has 0 unspecified atom stereocenters. The summed E-state index contributed by atoms with van der Waals surface area (Å²) in [6.07, 6.45) is 0. The van der Waals surface area contributed by atoms with Crippen molar-refractivity contribution in [2.75, 3.05) is 7.11 Å². The summed E-state index contributed by atoms with van der Waals surface area (Å²) in [5.74, 6) is -1.37. The first-order valence-electron chi connectivity index (χ1n) is 4.59. The summed E-state index contributed by atoms with van der Waals surface area (Å²) < 4.78 is 9.88. The van der Waals surface area contributed by atoms with E-state index < -0.39 is 22.9 Å². The molecule has 0 saturated heterocycles. The number of halogens is 1. The minimum atomic E-state index is -0.936. The highest BCUT2D eigenvalue weighted by Crippen LogP contribution is 2.31. The van der Waals surface area contributed by atoms with Gasteiger partial charge < -0.3 is 14.3 Å². The van der Waals surface area contributed by atoms with Crippen molar-refractivity contribution in [3.05, 3.63) is 38.7 Å². The Morgan fingerprint density at radius 1 is 1.47 bits per heavy atom. The highest BCUT2D eigenvalue weighted by molar-refractivity contribution is 9.10. The summed E-state index contributed by atoms with van der Waals surface area (Å²) in [6, 6.07) is 4.83. The van der Waals surface area contributed by atoms with E-state index in [4.69, 9.17) is 4.42 Å². The number of esters is 1. The number of rotatable bonds is 1. The third-order valence-corrected chi connectivity index (χ3v) is 2.87. The molecule has 0 amide bonds. The number of ether oxygens (including phenoxy) is 1. The van der Waals surface area contributed by atoms with Gasteiger partial charge in [-0.3, -0.25) is 0 Å². The first kappa shape index (κ1) is 11.7. The first-order chi connectivity index (χ1) is 8.06. The Hall–Kier alpha value is -1.82. The summed E-state index contributed by atoms with van der Waals surface area (Å²) in [4.78, 5) is 22.9. The van der Waals surface area contributed by atoms with E-state index in [1.54, 1.807) is 12.1 Å². The van der Waals surface area contributed by atoms with E-state index in [-0.39, 0.29) is 11.0 Å². The van der Waals surface area contributed by atoms with Gasteiger partial charge in [-0.2, -0.15) is 0 Å². The average Bonchev–Trinajstić information content (AvgIpc) is 2.30. The first-order valence-corrected chi connectivity index (χ1v) is 5.38. The second-order valence-electron chi connectivity index (χ2n) is 3.22. The number of carbonyl (C=O) groups excluding carboxylic acids is 1. The van der Waals surface area contributed by atoms with Crippen molar-refractivity contribution in [2.24, 2.45) is 0 Å². The topological polar surface area (TPSA) is 76.7 Å². The molecule has 17 heavy (non-hydrogen) atoms. The standard InChI is InChI=1S/C11H7BrO5/c1-16-10(14)7-8(13)5-3-2-4-6(12)9(5)17-11(7)15/h2-4,13H,1H3. The molecular weight excluding hydrogens is 292 g/mol. The van der Waals surface area contributed by atoms with Gasteiger partial charge in [-0.1, -0.05) is 6.07 Å². The van der Waals surface area contributed by atoms with Crippen LogP contribution in [0.1, 0.15) is 10.4 Å². The Balaban J connectivity index is 2.91. The zero-order valence-corrected chi connectivity index (χ0v) is 10.3. The van der Waals surface area contributed by atoms with Crippen LogP contribution in [-0.2, 0) is 4.74 Å². The molecular formula is C11H7BrO5. The minimum Gasteiger partial charge on any atom is -0.506 e. The van der Waals surface area contributed by atoms with Crippen LogP contribution in [-0.4, -0.2) is 18.2 Å². The molecule has 0 fully saturated rings. The minimum absolute atomic E-state index is 0.183. The summed E-state index contributed by atoms with van der Waals surface area (Å²) in [7, 11) is 1.12. The van der Waals surface area contributed by atoms with E-state index in [1.165, 1.54) is 6.07 Å². The van der Waals surface area contributed by atoms with Gasteiger partial charge in [0.2, 0.25) is 0 Å².